The van der Waals surface area contributed by atoms with Crippen molar-refractivity contribution < 1.29 is 19.0 Å². The second-order valence-corrected chi connectivity index (χ2v) is 5.73. The highest BCUT2D eigenvalue weighted by molar-refractivity contribution is 5.89. The molecule has 0 fully saturated rings. The van der Waals surface area contributed by atoms with Crippen LogP contribution in [0.1, 0.15) is 17.0 Å². The Bertz CT molecular complexity index is 681. The van der Waals surface area contributed by atoms with Crippen LogP contribution in [-0.2, 0) is 14.3 Å². The molecule has 0 radical (unpaired) electrons. The van der Waals surface area contributed by atoms with Crippen molar-refractivity contribution in [3.63, 3.8) is 0 Å². The van der Waals surface area contributed by atoms with E-state index >= 15 is 0 Å². The maximum Gasteiger partial charge on any atom is 0.234 e. The van der Waals surface area contributed by atoms with Gasteiger partial charge in [-0.05, 0) is 12.1 Å². The van der Waals surface area contributed by atoms with Crippen LogP contribution < -0.4 is 4.74 Å². The zero-order chi connectivity index (χ0) is 17.1. The number of rotatable bonds is 5. The Balaban J connectivity index is 1.96. The summed E-state index contributed by atoms with van der Waals surface area (Å²) in [6.07, 6.45) is -0.454. The molecule has 0 aromatic heterocycles. The lowest BCUT2D eigenvalue weighted by atomic mass is 9.87. The molecule has 1 amide bonds. The van der Waals surface area contributed by atoms with Crippen LogP contribution >= 0.6 is 0 Å². The van der Waals surface area contributed by atoms with Crippen LogP contribution in [0, 0.1) is 0 Å². The maximum atomic E-state index is 13.2. The molecule has 0 bridgehead atoms. The zero-order valence-electron chi connectivity index (χ0n) is 14.1. The Morgan fingerprint density at radius 2 is 1.54 bits per heavy atom. The zero-order valence-corrected chi connectivity index (χ0v) is 14.1. The van der Waals surface area contributed by atoms with Crippen molar-refractivity contribution in [2.75, 3.05) is 27.8 Å². The molecule has 2 aromatic rings. The number of nitrogens with zero attached hydrogens (tertiary/aromatic N) is 1. The van der Waals surface area contributed by atoms with Crippen molar-refractivity contribution in [1.29, 1.82) is 0 Å². The molecule has 0 spiro atoms. The molecule has 0 saturated heterocycles. The molecule has 1 aliphatic rings. The molecule has 1 aliphatic heterocycles. The van der Waals surface area contributed by atoms with E-state index in [4.69, 9.17) is 14.2 Å². The topological polar surface area (TPSA) is 48.0 Å². The molecular weight excluding hydrogens is 306 g/mol. The Morgan fingerprint density at radius 1 is 1.04 bits per heavy atom. The van der Waals surface area contributed by atoms with E-state index in [1.54, 1.807) is 26.2 Å². The SMILES string of the molecule is COC(CN(C)C(=O)C1c2ccccc2Oc2ccccc21)OC. The summed E-state index contributed by atoms with van der Waals surface area (Å²) < 4.78 is 16.4. The summed E-state index contributed by atoms with van der Waals surface area (Å²) in [6.45, 7) is 0.355. The van der Waals surface area contributed by atoms with Gasteiger partial charge in [-0.2, -0.15) is 0 Å². The molecule has 1 heterocycles. The van der Waals surface area contributed by atoms with Crippen LogP contribution in [0.2, 0.25) is 0 Å². The lowest BCUT2D eigenvalue weighted by Gasteiger charge is -2.31. The van der Waals surface area contributed by atoms with Gasteiger partial charge in [0.15, 0.2) is 6.29 Å². The molecule has 5 heteroatoms. The minimum absolute atomic E-state index is 0.0164. The van der Waals surface area contributed by atoms with Crippen molar-refractivity contribution in [1.82, 2.24) is 4.90 Å². The van der Waals surface area contributed by atoms with Crippen LogP contribution in [-0.4, -0.2) is 44.9 Å². The molecule has 0 saturated carbocycles. The van der Waals surface area contributed by atoms with E-state index in [1.807, 2.05) is 48.5 Å². The van der Waals surface area contributed by atoms with Gasteiger partial charge in [0.05, 0.1) is 12.5 Å². The number of carbonyl (C=O) groups is 1. The fraction of sp³-hybridized carbons (Fsp3) is 0.316. The van der Waals surface area contributed by atoms with E-state index in [0.717, 1.165) is 22.6 Å². The van der Waals surface area contributed by atoms with E-state index in [-0.39, 0.29) is 5.91 Å². The molecule has 126 valence electrons. The summed E-state index contributed by atoms with van der Waals surface area (Å²) >= 11 is 0. The standard InChI is InChI=1S/C19H21NO4/c1-20(12-17(22-2)23-3)19(21)18-13-8-4-6-10-15(13)24-16-11-7-5-9-14(16)18/h4-11,17-18H,12H2,1-3H3. The van der Waals surface area contributed by atoms with Gasteiger partial charge in [-0.1, -0.05) is 36.4 Å². The Kier molecular flexibility index (Phi) is 4.83. The predicted octanol–water partition coefficient (Wildman–Crippen LogP) is 3.00. The van der Waals surface area contributed by atoms with Gasteiger partial charge in [0.1, 0.15) is 11.5 Å². The molecule has 0 N–H and O–H groups in total. The van der Waals surface area contributed by atoms with Crippen LogP contribution in [0.15, 0.2) is 48.5 Å². The van der Waals surface area contributed by atoms with Crippen LogP contribution in [0.25, 0.3) is 0 Å². The third kappa shape index (κ3) is 3.00. The van der Waals surface area contributed by atoms with Crippen molar-refractivity contribution in [3.05, 3.63) is 59.7 Å². The third-order valence-electron chi connectivity index (χ3n) is 4.25. The minimum Gasteiger partial charge on any atom is -0.457 e. The summed E-state index contributed by atoms with van der Waals surface area (Å²) in [5.41, 5.74) is 1.75. The second kappa shape index (κ2) is 7.03. The number of likely N-dealkylation sites (N-methyl/N-ethyl adjacent to an activating group) is 1. The summed E-state index contributed by atoms with van der Waals surface area (Å²) in [7, 11) is 4.88. The molecule has 2 aromatic carbocycles. The maximum absolute atomic E-state index is 13.2. The first-order valence-corrected chi connectivity index (χ1v) is 7.82. The number of hydrogen-bond acceptors (Lipinski definition) is 4. The van der Waals surface area contributed by atoms with E-state index in [2.05, 4.69) is 0 Å². The van der Waals surface area contributed by atoms with Gasteiger partial charge in [-0.25, -0.2) is 0 Å². The van der Waals surface area contributed by atoms with Gasteiger partial charge in [0, 0.05) is 32.4 Å². The number of ether oxygens (including phenoxy) is 3. The van der Waals surface area contributed by atoms with E-state index in [0.29, 0.717) is 6.54 Å². The minimum atomic E-state index is -0.454. The van der Waals surface area contributed by atoms with Gasteiger partial charge < -0.3 is 19.1 Å². The molecule has 24 heavy (non-hydrogen) atoms. The number of hydrogen-bond donors (Lipinski definition) is 0. The highest BCUT2D eigenvalue weighted by Crippen LogP contribution is 2.44. The second-order valence-electron chi connectivity index (χ2n) is 5.73. The number of benzene rings is 2. The first-order chi connectivity index (χ1) is 11.7. The van der Waals surface area contributed by atoms with Crippen LogP contribution in [0.4, 0.5) is 0 Å². The summed E-state index contributed by atoms with van der Waals surface area (Å²) in [6, 6.07) is 15.3. The average Bonchev–Trinajstić information content (AvgIpc) is 2.63. The Morgan fingerprint density at radius 3 is 2.04 bits per heavy atom. The van der Waals surface area contributed by atoms with Crippen molar-refractivity contribution in [2.45, 2.75) is 12.2 Å². The normalized spacial score (nSPS) is 13.2. The molecule has 3 rings (SSSR count). The monoisotopic (exact) mass is 327 g/mol. The fourth-order valence-electron chi connectivity index (χ4n) is 2.96. The van der Waals surface area contributed by atoms with Gasteiger partial charge in [0.25, 0.3) is 0 Å². The van der Waals surface area contributed by atoms with Gasteiger partial charge >= 0.3 is 0 Å². The number of methoxy groups -OCH3 is 2. The van der Waals surface area contributed by atoms with Crippen molar-refractivity contribution >= 4 is 5.91 Å². The summed E-state index contributed by atoms with van der Waals surface area (Å²) in [4.78, 5) is 14.8. The van der Waals surface area contributed by atoms with Gasteiger partial charge in [-0.3, -0.25) is 4.79 Å². The largest absolute Gasteiger partial charge is 0.457 e. The molecule has 5 nitrogen and oxygen atoms in total. The van der Waals surface area contributed by atoms with Crippen molar-refractivity contribution in [2.24, 2.45) is 0 Å². The first-order valence-electron chi connectivity index (χ1n) is 7.82. The number of para-hydroxylation sites is 2. The highest BCUT2D eigenvalue weighted by atomic mass is 16.7. The van der Waals surface area contributed by atoms with E-state index < -0.39 is 12.2 Å². The lowest BCUT2D eigenvalue weighted by Crippen LogP contribution is -2.39. The number of amides is 1. The van der Waals surface area contributed by atoms with Gasteiger partial charge in [0.2, 0.25) is 5.91 Å². The predicted molar refractivity (Wildman–Crippen MR) is 90.2 cm³/mol. The smallest absolute Gasteiger partial charge is 0.234 e. The van der Waals surface area contributed by atoms with Crippen molar-refractivity contribution in [3.8, 4) is 11.5 Å². The molecule has 0 aliphatic carbocycles. The molecule has 0 atom stereocenters. The van der Waals surface area contributed by atoms with E-state index in [1.165, 1.54) is 0 Å². The Hall–Kier alpha value is -2.37. The Labute approximate surface area is 141 Å². The lowest BCUT2D eigenvalue weighted by molar-refractivity contribution is -0.143. The third-order valence-corrected chi connectivity index (χ3v) is 4.25. The quantitative estimate of drug-likeness (QED) is 0.792. The van der Waals surface area contributed by atoms with Crippen LogP contribution in [0.3, 0.4) is 0 Å². The van der Waals surface area contributed by atoms with Crippen LogP contribution in [0.5, 0.6) is 11.5 Å². The molecule has 0 unspecified atom stereocenters. The number of fused-ring (bicyclic) bond motifs is 2. The average molecular weight is 327 g/mol. The first kappa shape index (κ1) is 16.5. The molecular formula is C19H21NO4. The highest BCUT2D eigenvalue weighted by Gasteiger charge is 2.34. The van der Waals surface area contributed by atoms with Gasteiger partial charge in [-0.15, -0.1) is 0 Å². The number of carbonyl (C=O) groups excluding carboxylic acids is 1. The summed E-state index contributed by atoms with van der Waals surface area (Å²) in [5, 5.41) is 0. The fourth-order valence-corrected chi connectivity index (χ4v) is 2.96. The van der Waals surface area contributed by atoms with E-state index in [9.17, 15) is 4.79 Å². The summed E-state index contributed by atoms with van der Waals surface area (Å²) in [5.74, 6) is 1.03.